The van der Waals surface area contributed by atoms with Crippen LogP contribution in [-0.2, 0) is 10.3 Å². The summed E-state index contributed by atoms with van der Waals surface area (Å²) >= 11 is 1.48. The normalized spacial score (nSPS) is 21.2. The Hall–Kier alpha value is -4.04. The third-order valence-corrected chi connectivity index (χ3v) is 7.57. The van der Waals surface area contributed by atoms with Crippen LogP contribution in [0.4, 0.5) is 10.3 Å². The van der Waals surface area contributed by atoms with E-state index in [0.717, 1.165) is 22.2 Å². The molecule has 9 nitrogen and oxygen atoms in total. The number of benzene rings is 1. The number of hydrogen-bond acceptors (Lipinski definition) is 9. The van der Waals surface area contributed by atoms with Crippen molar-refractivity contribution in [2.24, 2.45) is 16.6 Å². The SMILES string of the molecule is CCCOc1nc(N2C[C@H]3C(=O)N(C)C(N)=N[C@@]3(c3cc(-c4cccc(C#N)c4)cs3)C2)ncc1F. The fourth-order valence-corrected chi connectivity index (χ4v) is 5.70. The molecule has 2 aliphatic rings. The standard InChI is InChI=1S/C25H24FN7O2S/c1-3-7-35-21-19(26)11-29-24(30-21)33-12-18-22(34)32(2)23(28)31-25(18,14-33)20-9-17(13-36-20)16-6-4-5-15(8-16)10-27/h4-6,8-9,11,13,18H,3,7,12,14H2,1-2H3,(H2,28,31)/t18-,25-/m0/s1. The first kappa shape index (κ1) is 23.7. The number of carbonyl (C=O) groups excluding carboxylic acids is 1. The average Bonchev–Trinajstić information content (AvgIpc) is 3.54. The van der Waals surface area contributed by atoms with Gasteiger partial charge in [-0.1, -0.05) is 19.1 Å². The second-order valence-electron chi connectivity index (χ2n) is 8.79. The number of anilines is 1. The molecule has 1 saturated heterocycles. The van der Waals surface area contributed by atoms with Crippen LogP contribution in [0.5, 0.6) is 5.88 Å². The zero-order valence-corrected chi connectivity index (χ0v) is 20.6. The largest absolute Gasteiger partial charge is 0.475 e. The van der Waals surface area contributed by atoms with Crippen LogP contribution in [0.1, 0.15) is 23.8 Å². The number of halogens is 1. The Morgan fingerprint density at radius 3 is 2.97 bits per heavy atom. The molecule has 0 radical (unpaired) electrons. The van der Waals surface area contributed by atoms with Gasteiger partial charge in [0.25, 0.3) is 5.88 Å². The zero-order chi connectivity index (χ0) is 25.4. The first-order valence-corrected chi connectivity index (χ1v) is 12.4. The molecule has 0 bridgehead atoms. The number of fused-ring (bicyclic) bond motifs is 1. The molecule has 4 heterocycles. The lowest BCUT2D eigenvalue weighted by atomic mass is 9.83. The second-order valence-corrected chi connectivity index (χ2v) is 9.70. The van der Waals surface area contributed by atoms with Crippen molar-refractivity contribution in [3.8, 4) is 23.1 Å². The van der Waals surface area contributed by atoms with Gasteiger partial charge in [-0.3, -0.25) is 9.69 Å². The topological polar surface area (TPSA) is 121 Å². The van der Waals surface area contributed by atoms with E-state index in [-0.39, 0.29) is 36.8 Å². The Kier molecular flexibility index (Phi) is 6.05. The Balaban J connectivity index is 1.55. The number of amides is 1. The van der Waals surface area contributed by atoms with Gasteiger partial charge in [0, 0.05) is 18.5 Å². The van der Waals surface area contributed by atoms with Crippen LogP contribution in [0.25, 0.3) is 11.1 Å². The van der Waals surface area contributed by atoms with Crippen LogP contribution < -0.4 is 15.4 Å². The van der Waals surface area contributed by atoms with Gasteiger partial charge in [0.05, 0.1) is 36.9 Å². The van der Waals surface area contributed by atoms with Gasteiger partial charge in [0.15, 0.2) is 5.96 Å². The molecule has 36 heavy (non-hydrogen) atoms. The second kappa shape index (κ2) is 9.20. The van der Waals surface area contributed by atoms with Gasteiger partial charge >= 0.3 is 0 Å². The Bertz CT molecular complexity index is 1400. The van der Waals surface area contributed by atoms with Crippen molar-refractivity contribution in [3.63, 3.8) is 0 Å². The molecule has 1 fully saturated rings. The molecule has 2 atom stereocenters. The van der Waals surface area contributed by atoms with E-state index in [1.165, 1.54) is 16.2 Å². The smallest absolute Gasteiger partial charge is 0.255 e. The number of thiophene rings is 1. The van der Waals surface area contributed by atoms with E-state index in [1.807, 2.05) is 41.5 Å². The van der Waals surface area contributed by atoms with E-state index >= 15 is 0 Å². The van der Waals surface area contributed by atoms with E-state index in [4.69, 9.17) is 15.5 Å². The van der Waals surface area contributed by atoms with E-state index in [1.54, 1.807) is 13.1 Å². The first-order chi connectivity index (χ1) is 17.4. The fraction of sp³-hybridized carbons (Fsp3) is 0.320. The van der Waals surface area contributed by atoms with Gasteiger partial charge in [-0.25, -0.2) is 9.98 Å². The predicted octanol–water partition coefficient (Wildman–Crippen LogP) is 3.12. The van der Waals surface area contributed by atoms with Gasteiger partial charge in [-0.05, 0) is 41.1 Å². The lowest BCUT2D eigenvalue weighted by molar-refractivity contribution is -0.132. The molecule has 0 aliphatic carbocycles. The van der Waals surface area contributed by atoms with Gasteiger partial charge in [-0.2, -0.15) is 14.6 Å². The molecule has 0 unspecified atom stereocenters. The minimum atomic E-state index is -0.953. The highest BCUT2D eigenvalue weighted by Gasteiger charge is 2.56. The van der Waals surface area contributed by atoms with E-state index in [2.05, 4.69) is 16.0 Å². The van der Waals surface area contributed by atoms with Crippen molar-refractivity contribution in [1.29, 1.82) is 5.26 Å². The maximum atomic E-state index is 14.2. The number of rotatable bonds is 6. The molecule has 3 aromatic rings. The lowest BCUT2D eigenvalue weighted by Crippen LogP contribution is -2.54. The Morgan fingerprint density at radius 1 is 1.36 bits per heavy atom. The van der Waals surface area contributed by atoms with E-state index in [9.17, 15) is 14.4 Å². The third-order valence-electron chi connectivity index (χ3n) is 6.47. The van der Waals surface area contributed by atoms with Crippen molar-refractivity contribution in [3.05, 3.63) is 58.2 Å². The van der Waals surface area contributed by atoms with Crippen LogP contribution in [0.15, 0.2) is 46.9 Å². The summed E-state index contributed by atoms with van der Waals surface area (Å²) in [5.41, 5.74) is 7.62. The first-order valence-electron chi connectivity index (χ1n) is 11.5. The summed E-state index contributed by atoms with van der Waals surface area (Å²) in [6.07, 6.45) is 1.79. The molecule has 0 saturated carbocycles. The quantitative estimate of drug-likeness (QED) is 0.546. The van der Waals surface area contributed by atoms with E-state index in [0.29, 0.717) is 18.6 Å². The maximum absolute atomic E-state index is 14.2. The highest BCUT2D eigenvalue weighted by atomic mass is 32.1. The van der Waals surface area contributed by atoms with Crippen LogP contribution in [0.2, 0.25) is 0 Å². The summed E-state index contributed by atoms with van der Waals surface area (Å²) in [5.74, 6) is -1.06. The van der Waals surface area contributed by atoms with E-state index < -0.39 is 17.3 Å². The predicted molar refractivity (Wildman–Crippen MR) is 134 cm³/mol. The molecule has 5 rings (SSSR count). The Morgan fingerprint density at radius 2 is 2.19 bits per heavy atom. The summed E-state index contributed by atoms with van der Waals surface area (Å²) in [4.78, 5) is 30.7. The number of nitrogens with two attached hydrogens (primary N) is 1. The van der Waals surface area contributed by atoms with Crippen molar-refractivity contribution >= 4 is 29.2 Å². The van der Waals surface area contributed by atoms with Gasteiger partial charge in [-0.15, -0.1) is 11.3 Å². The van der Waals surface area contributed by atoms with Crippen molar-refractivity contribution in [2.45, 2.75) is 18.9 Å². The molecule has 11 heteroatoms. The number of aromatic nitrogens is 2. The number of guanidine groups is 1. The highest BCUT2D eigenvalue weighted by Crippen LogP contribution is 2.47. The number of nitrogens with zero attached hydrogens (tertiary/aromatic N) is 6. The maximum Gasteiger partial charge on any atom is 0.255 e. The number of ether oxygens (including phenoxy) is 1. The van der Waals surface area contributed by atoms with Crippen molar-refractivity contribution in [2.75, 3.05) is 31.6 Å². The fourth-order valence-electron chi connectivity index (χ4n) is 4.59. The van der Waals surface area contributed by atoms with Crippen molar-refractivity contribution in [1.82, 2.24) is 14.9 Å². The highest BCUT2D eigenvalue weighted by molar-refractivity contribution is 7.10. The summed E-state index contributed by atoms with van der Waals surface area (Å²) in [5, 5.41) is 11.3. The molecule has 1 aromatic carbocycles. The summed E-state index contributed by atoms with van der Waals surface area (Å²) in [6.45, 7) is 2.82. The number of hydrogen-bond donors (Lipinski definition) is 1. The van der Waals surface area contributed by atoms with Gasteiger partial charge in [0.1, 0.15) is 5.54 Å². The zero-order valence-electron chi connectivity index (χ0n) is 19.8. The lowest BCUT2D eigenvalue weighted by Gasteiger charge is -2.36. The Labute approximate surface area is 211 Å². The van der Waals surface area contributed by atoms with Crippen LogP contribution in [-0.4, -0.2) is 53.5 Å². The van der Waals surface area contributed by atoms with Gasteiger partial charge in [0.2, 0.25) is 17.7 Å². The van der Waals surface area contributed by atoms with Crippen molar-refractivity contribution < 1.29 is 13.9 Å². The molecule has 0 spiro atoms. The molecule has 1 amide bonds. The number of aliphatic imine (C=N–C) groups is 1. The molecule has 2 aromatic heterocycles. The summed E-state index contributed by atoms with van der Waals surface area (Å²) < 4.78 is 19.7. The molecular formula is C25H24FN7O2S. The minimum Gasteiger partial charge on any atom is -0.475 e. The number of nitriles is 1. The van der Waals surface area contributed by atoms with Crippen LogP contribution in [0.3, 0.4) is 0 Å². The molecular weight excluding hydrogens is 481 g/mol. The molecule has 184 valence electrons. The summed E-state index contributed by atoms with van der Waals surface area (Å²) in [6, 6.07) is 11.5. The summed E-state index contributed by atoms with van der Waals surface area (Å²) in [7, 11) is 1.60. The van der Waals surface area contributed by atoms with Crippen LogP contribution in [0, 0.1) is 23.1 Å². The monoisotopic (exact) mass is 505 g/mol. The minimum absolute atomic E-state index is 0.118. The number of carbonyl (C=O) groups is 1. The molecule has 2 N–H and O–H groups in total. The third kappa shape index (κ3) is 3.93. The molecule has 2 aliphatic heterocycles. The van der Waals surface area contributed by atoms with Gasteiger partial charge < -0.3 is 15.4 Å². The van der Waals surface area contributed by atoms with Crippen LogP contribution >= 0.6 is 11.3 Å². The average molecular weight is 506 g/mol.